The monoisotopic (exact) mass is 574 g/mol. The van der Waals surface area contributed by atoms with Crippen molar-refractivity contribution in [2.45, 2.75) is 40.0 Å². The summed E-state index contributed by atoms with van der Waals surface area (Å²) in [6, 6.07) is 13.3. The van der Waals surface area contributed by atoms with Crippen molar-refractivity contribution >= 4 is 74.4 Å². The molecule has 0 radical (unpaired) electrons. The zero-order valence-corrected chi connectivity index (χ0v) is 25.1. The molecular formula is C33H30N6S2. The lowest BCUT2D eigenvalue weighted by Crippen LogP contribution is -2.45. The van der Waals surface area contributed by atoms with Crippen molar-refractivity contribution < 1.29 is 0 Å². The van der Waals surface area contributed by atoms with Gasteiger partial charge in [-0.25, -0.2) is 0 Å². The molecule has 6 heterocycles. The SMILES string of the molecule is Cc1ccc2c(sc3cnccc32)c1N1C=CN(CN2C=CN(c3c(C)ccc4c3sc3cnccc34)[C@H]2C)[C@H]1C. The van der Waals surface area contributed by atoms with Crippen LogP contribution >= 0.6 is 22.7 Å². The Balaban J connectivity index is 1.08. The molecule has 0 N–H and O–H groups in total. The molecule has 0 amide bonds. The topological polar surface area (TPSA) is 38.7 Å². The minimum Gasteiger partial charge on any atom is -0.338 e. The second-order valence-corrected chi connectivity index (χ2v) is 13.1. The summed E-state index contributed by atoms with van der Waals surface area (Å²) in [5.41, 5.74) is 5.17. The number of thiophene rings is 2. The van der Waals surface area contributed by atoms with Crippen LogP contribution < -0.4 is 9.80 Å². The maximum Gasteiger partial charge on any atom is 0.104 e. The number of benzene rings is 2. The van der Waals surface area contributed by atoms with E-state index >= 15 is 0 Å². The van der Waals surface area contributed by atoms with Gasteiger partial charge in [-0.2, -0.15) is 0 Å². The van der Waals surface area contributed by atoms with E-state index in [0.717, 1.165) is 6.67 Å². The molecule has 2 aromatic carbocycles. The normalized spacial score (nSPS) is 18.9. The molecule has 2 aliphatic rings. The molecule has 8 heteroatoms. The first-order valence-electron chi connectivity index (χ1n) is 14.0. The average molecular weight is 575 g/mol. The predicted molar refractivity (Wildman–Crippen MR) is 174 cm³/mol. The van der Waals surface area contributed by atoms with Gasteiger partial charge in [0.1, 0.15) is 12.3 Å². The predicted octanol–water partition coefficient (Wildman–Crippen LogP) is 8.37. The van der Waals surface area contributed by atoms with Crippen LogP contribution in [0.3, 0.4) is 0 Å². The van der Waals surface area contributed by atoms with Crippen LogP contribution in [0.1, 0.15) is 25.0 Å². The summed E-state index contributed by atoms with van der Waals surface area (Å²) in [6.07, 6.45) is 17.1. The highest BCUT2D eigenvalue weighted by Crippen LogP contribution is 2.44. The van der Waals surface area contributed by atoms with E-state index < -0.39 is 0 Å². The number of anilines is 2. The first-order valence-corrected chi connectivity index (χ1v) is 15.6. The van der Waals surface area contributed by atoms with Crippen LogP contribution in [-0.4, -0.2) is 38.8 Å². The molecule has 8 rings (SSSR count). The van der Waals surface area contributed by atoms with Crippen molar-refractivity contribution in [3.8, 4) is 0 Å². The Morgan fingerprint density at radius 3 is 1.54 bits per heavy atom. The van der Waals surface area contributed by atoms with Crippen LogP contribution in [0.25, 0.3) is 40.3 Å². The van der Waals surface area contributed by atoms with Gasteiger partial charge in [0.05, 0.1) is 36.8 Å². The first kappa shape index (κ1) is 24.6. The fraction of sp³-hybridized carbons (Fsp3) is 0.212. The maximum atomic E-state index is 4.37. The van der Waals surface area contributed by atoms with Crippen molar-refractivity contribution in [2.24, 2.45) is 0 Å². The minimum atomic E-state index is 0.192. The molecule has 0 bridgehead atoms. The third-order valence-corrected chi connectivity index (χ3v) is 11.0. The maximum absolute atomic E-state index is 4.37. The van der Waals surface area contributed by atoms with E-state index in [0.29, 0.717) is 0 Å². The van der Waals surface area contributed by atoms with Crippen molar-refractivity contribution in [3.05, 3.63) is 97.1 Å². The minimum absolute atomic E-state index is 0.192. The molecule has 6 aromatic rings. The highest BCUT2D eigenvalue weighted by Gasteiger charge is 2.32. The fourth-order valence-corrected chi connectivity index (χ4v) is 8.92. The molecule has 0 saturated carbocycles. The quantitative estimate of drug-likeness (QED) is 0.211. The molecule has 2 atom stereocenters. The van der Waals surface area contributed by atoms with Gasteiger partial charge in [0.2, 0.25) is 0 Å². The van der Waals surface area contributed by atoms with Gasteiger partial charge in [-0.15, -0.1) is 22.7 Å². The third-order valence-electron chi connectivity index (χ3n) is 8.69. The highest BCUT2D eigenvalue weighted by atomic mass is 32.1. The van der Waals surface area contributed by atoms with Crippen molar-refractivity contribution in [1.29, 1.82) is 0 Å². The summed E-state index contributed by atoms with van der Waals surface area (Å²) >= 11 is 3.68. The lowest BCUT2D eigenvalue weighted by atomic mass is 10.1. The van der Waals surface area contributed by atoms with Crippen molar-refractivity contribution in [3.63, 3.8) is 0 Å². The molecule has 204 valence electrons. The standard InChI is InChI=1S/C33H30N6S2/c1-20-5-7-26-24-9-11-34-17-28(24)40-32(26)30(20)38-15-13-36(22(38)3)19-37-14-16-39(23(37)4)31-21(2)6-8-27-25-10-12-35-18-29(25)41-33(27)31/h5-18,22-23H,19H2,1-4H3/t22-,23+. The zero-order valence-electron chi connectivity index (χ0n) is 23.4. The number of pyridine rings is 2. The number of hydrogen-bond acceptors (Lipinski definition) is 8. The lowest BCUT2D eigenvalue weighted by molar-refractivity contribution is 0.176. The number of aromatic nitrogens is 2. The van der Waals surface area contributed by atoms with Gasteiger partial charge >= 0.3 is 0 Å². The zero-order chi connectivity index (χ0) is 27.8. The summed E-state index contributed by atoms with van der Waals surface area (Å²) in [7, 11) is 0. The summed E-state index contributed by atoms with van der Waals surface area (Å²) < 4.78 is 5.12. The Morgan fingerprint density at radius 2 is 1.07 bits per heavy atom. The van der Waals surface area contributed by atoms with Crippen molar-refractivity contribution in [2.75, 3.05) is 16.5 Å². The molecule has 0 saturated heterocycles. The Labute approximate surface area is 247 Å². The van der Waals surface area contributed by atoms with Crippen molar-refractivity contribution in [1.82, 2.24) is 19.8 Å². The Morgan fingerprint density at radius 1 is 0.610 bits per heavy atom. The third kappa shape index (κ3) is 3.67. The van der Waals surface area contributed by atoms with E-state index in [1.54, 1.807) is 0 Å². The first-order chi connectivity index (χ1) is 20.0. The summed E-state index contributed by atoms with van der Waals surface area (Å²) in [4.78, 5) is 18.4. The van der Waals surface area contributed by atoms with E-state index in [2.05, 4.69) is 118 Å². The summed E-state index contributed by atoms with van der Waals surface area (Å²) in [5.74, 6) is 0. The number of rotatable bonds is 4. The molecule has 4 aromatic heterocycles. The molecule has 0 unspecified atom stereocenters. The van der Waals surface area contributed by atoms with Gasteiger partial charge < -0.3 is 19.6 Å². The lowest BCUT2D eigenvalue weighted by Gasteiger charge is -2.37. The molecular weight excluding hydrogens is 545 g/mol. The Hall–Kier alpha value is -4.14. The Kier molecular flexibility index (Phi) is 5.52. The van der Waals surface area contributed by atoms with E-state index in [1.807, 2.05) is 47.5 Å². The van der Waals surface area contributed by atoms with Crippen LogP contribution in [0, 0.1) is 13.8 Å². The number of fused-ring (bicyclic) bond motifs is 6. The van der Waals surface area contributed by atoms with E-state index in [9.17, 15) is 0 Å². The number of nitrogens with zero attached hydrogens (tertiary/aromatic N) is 6. The smallest absolute Gasteiger partial charge is 0.104 e. The van der Waals surface area contributed by atoms with E-state index in [-0.39, 0.29) is 12.3 Å². The van der Waals surface area contributed by atoms with E-state index in [1.165, 1.54) is 62.8 Å². The van der Waals surface area contributed by atoms with Gasteiger partial charge in [0.25, 0.3) is 0 Å². The van der Waals surface area contributed by atoms with Gasteiger partial charge in [-0.1, -0.05) is 24.3 Å². The molecule has 0 aliphatic carbocycles. The summed E-state index contributed by atoms with van der Waals surface area (Å²) in [5, 5.41) is 5.18. The van der Waals surface area contributed by atoms with Gasteiger partial charge in [0, 0.05) is 71.1 Å². The average Bonchev–Trinajstić information content (AvgIpc) is 3.73. The van der Waals surface area contributed by atoms with E-state index in [4.69, 9.17) is 0 Å². The fourth-order valence-electron chi connectivity index (χ4n) is 6.37. The number of aryl methyl sites for hydroxylation is 2. The molecule has 6 nitrogen and oxygen atoms in total. The highest BCUT2D eigenvalue weighted by molar-refractivity contribution is 7.26. The van der Waals surface area contributed by atoms with Crippen LogP contribution in [0.2, 0.25) is 0 Å². The molecule has 0 spiro atoms. The van der Waals surface area contributed by atoms with Crippen LogP contribution in [0.15, 0.2) is 86.0 Å². The second-order valence-electron chi connectivity index (χ2n) is 11.0. The van der Waals surface area contributed by atoms with Crippen LogP contribution in [0.5, 0.6) is 0 Å². The molecule has 41 heavy (non-hydrogen) atoms. The Bertz CT molecular complexity index is 1890. The second kappa shape index (κ2) is 9.19. The van der Waals surface area contributed by atoms with Crippen LogP contribution in [-0.2, 0) is 0 Å². The van der Waals surface area contributed by atoms with Crippen LogP contribution in [0.4, 0.5) is 11.4 Å². The summed E-state index contributed by atoms with van der Waals surface area (Å²) in [6.45, 7) is 9.84. The molecule has 0 fully saturated rings. The largest absolute Gasteiger partial charge is 0.338 e. The van der Waals surface area contributed by atoms with Gasteiger partial charge in [-0.3, -0.25) is 9.97 Å². The van der Waals surface area contributed by atoms with Gasteiger partial charge in [0.15, 0.2) is 0 Å². The van der Waals surface area contributed by atoms with Gasteiger partial charge in [-0.05, 0) is 51.0 Å². The molecule has 2 aliphatic heterocycles. The number of hydrogen-bond donors (Lipinski definition) is 0.